The van der Waals surface area contributed by atoms with E-state index in [9.17, 15) is 9.18 Å². The zero-order valence-electron chi connectivity index (χ0n) is 7.07. The molecule has 1 rings (SSSR count). The largest absolute Gasteiger partial charge is 0.480 e. The Hall–Kier alpha value is -1.93. The van der Waals surface area contributed by atoms with Crippen LogP contribution in [0.5, 0.6) is 0 Å². The van der Waals surface area contributed by atoms with Gasteiger partial charge in [-0.05, 0) is 17.7 Å². The standard InChI is InChI=1S/C9H7FN2O2/c10-6-1-2-7(5(3-6)4-11)8(12)9(13)14/h1-3,8H,12H2,(H,13,14)/t8-/m0/s1. The first kappa shape index (κ1) is 10.2. The van der Waals surface area contributed by atoms with Crippen molar-refractivity contribution in [2.75, 3.05) is 0 Å². The van der Waals surface area contributed by atoms with E-state index < -0.39 is 17.8 Å². The highest BCUT2D eigenvalue weighted by atomic mass is 19.1. The zero-order valence-corrected chi connectivity index (χ0v) is 7.07. The second kappa shape index (κ2) is 3.85. The number of benzene rings is 1. The Bertz CT molecular complexity index is 412. The van der Waals surface area contributed by atoms with E-state index in [1.807, 2.05) is 0 Å². The first-order valence-corrected chi connectivity index (χ1v) is 3.74. The summed E-state index contributed by atoms with van der Waals surface area (Å²) in [6, 6.07) is 3.61. The lowest BCUT2D eigenvalue weighted by Gasteiger charge is -2.07. The summed E-state index contributed by atoms with van der Waals surface area (Å²) in [6.45, 7) is 0. The molecule has 1 atom stereocenters. The summed E-state index contributed by atoms with van der Waals surface area (Å²) in [7, 11) is 0. The molecule has 0 fully saturated rings. The maximum atomic E-state index is 12.7. The second-order valence-electron chi connectivity index (χ2n) is 2.66. The van der Waals surface area contributed by atoms with Crippen LogP contribution in [0.25, 0.3) is 0 Å². The molecule has 0 aliphatic rings. The van der Waals surface area contributed by atoms with Crippen molar-refractivity contribution in [1.29, 1.82) is 5.26 Å². The van der Waals surface area contributed by atoms with E-state index in [1.54, 1.807) is 6.07 Å². The Morgan fingerprint density at radius 1 is 1.64 bits per heavy atom. The van der Waals surface area contributed by atoms with Gasteiger partial charge in [-0.1, -0.05) is 6.07 Å². The van der Waals surface area contributed by atoms with Gasteiger partial charge in [-0.3, -0.25) is 4.79 Å². The first-order chi connectivity index (χ1) is 6.56. The van der Waals surface area contributed by atoms with Gasteiger partial charge >= 0.3 is 5.97 Å². The Morgan fingerprint density at radius 2 is 2.29 bits per heavy atom. The van der Waals surface area contributed by atoms with Crippen LogP contribution in [0, 0.1) is 17.1 Å². The lowest BCUT2D eigenvalue weighted by molar-refractivity contribution is -0.138. The van der Waals surface area contributed by atoms with Crippen molar-refractivity contribution in [2.24, 2.45) is 5.73 Å². The number of nitrogens with zero attached hydrogens (tertiary/aromatic N) is 1. The second-order valence-corrected chi connectivity index (χ2v) is 2.66. The van der Waals surface area contributed by atoms with E-state index in [4.69, 9.17) is 16.1 Å². The van der Waals surface area contributed by atoms with Gasteiger partial charge in [0.15, 0.2) is 0 Å². The number of aliphatic carboxylic acids is 1. The van der Waals surface area contributed by atoms with E-state index in [1.165, 1.54) is 6.07 Å². The molecule has 0 saturated heterocycles. The molecule has 0 saturated carbocycles. The lowest BCUT2D eigenvalue weighted by Crippen LogP contribution is -2.21. The van der Waals surface area contributed by atoms with Crippen molar-refractivity contribution < 1.29 is 14.3 Å². The fraction of sp³-hybridized carbons (Fsp3) is 0.111. The summed E-state index contributed by atoms with van der Waals surface area (Å²) in [5.74, 6) is -1.85. The van der Waals surface area contributed by atoms with Crippen LogP contribution >= 0.6 is 0 Å². The summed E-state index contributed by atoms with van der Waals surface area (Å²) >= 11 is 0. The number of nitrogens with two attached hydrogens (primary N) is 1. The smallest absolute Gasteiger partial charge is 0.325 e. The molecular weight excluding hydrogens is 187 g/mol. The normalized spacial score (nSPS) is 11.8. The third kappa shape index (κ3) is 1.87. The van der Waals surface area contributed by atoms with Crippen LogP contribution < -0.4 is 5.73 Å². The van der Waals surface area contributed by atoms with E-state index in [-0.39, 0.29) is 11.1 Å². The molecule has 0 amide bonds. The molecule has 1 aromatic rings. The minimum Gasteiger partial charge on any atom is -0.480 e. The number of hydrogen-bond acceptors (Lipinski definition) is 3. The van der Waals surface area contributed by atoms with Gasteiger partial charge in [-0.2, -0.15) is 5.26 Å². The van der Waals surface area contributed by atoms with Gasteiger partial charge < -0.3 is 10.8 Å². The monoisotopic (exact) mass is 194 g/mol. The fourth-order valence-electron chi connectivity index (χ4n) is 1.03. The average molecular weight is 194 g/mol. The van der Waals surface area contributed by atoms with E-state index in [0.717, 1.165) is 12.1 Å². The lowest BCUT2D eigenvalue weighted by atomic mass is 10.0. The molecule has 0 heterocycles. The summed E-state index contributed by atoms with van der Waals surface area (Å²) in [6.07, 6.45) is 0. The van der Waals surface area contributed by atoms with Gasteiger partial charge in [-0.25, -0.2) is 4.39 Å². The van der Waals surface area contributed by atoms with Gasteiger partial charge in [-0.15, -0.1) is 0 Å². The number of carbonyl (C=O) groups is 1. The molecule has 3 N–H and O–H groups in total. The topological polar surface area (TPSA) is 87.1 Å². The minimum absolute atomic E-state index is 0.0556. The van der Waals surface area contributed by atoms with Crippen molar-refractivity contribution in [3.63, 3.8) is 0 Å². The van der Waals surface area contributed by atoms with Crippen molar-refractivity contribution in [2.45, 2.75) is 6.04 Å². The molecule has 0 unspecified atom stereocenters. The first-order valence-electron chi connectivity index (χ1n) is 3.74. The highest BCUT2D eigenvalue weighted by Gasteiger charge is 2.18. The summed E-state index contributed by atoms with van der Waals surface area (Å²) in [5.41, 5.74) is 5.35. The highest BCUT2D eigenvalue weighted by Crippen LogP contribution is 2.16. The number of hydrogen-bond donors (Lipinski definition) is 2. The van der Waals surface area contributed by atoms with Crippen LogP contribution in [0.3, 0.4) is 0 Å². The Morgan fingerprint density at radius 3 is 2.79 bits per heavy atom. The van der Waals surface area contributed by atoms with Crippen LogP contribution in [-0.2, 0) is 4.79 Å². The number of nitriles is 1. The molecule has 14 heavy (non-hydrogen) atoms. The SMILES string of the molecule is N#Cc1cc(F)ccc1[C@H](N)C(=O)O. The third-order valence-corrected chi connectivity index (χ3v) is 1.74. The van der Waals surface area contributed by atoms with Crippen molar-refractivity contribution in [3.05, 3.63) is 35.1 Å². The summed E-state index contributed by atoms with van der Waals surface area (Å²) < 4.78 is 12.7. The number of halogens is 1. The Balaban J connectivity index is 3.22. The van der Waals surface area contributed by atoms with Crippen molar-refractivity contribution in [1.82, 2.24) is 0 Å². The molecule has 0 radical (unpaired) electrons. The molecule has 72 valence electrons. The van der Waals surface area contributed by atoms with Crippen LogP contribution in [0.15, 0.2) is 18.2 Å². The molecule has 0 aliphatic carbocycles. The van der Waals surface area contributed by atoms with Gasteiger partial charge in [0.1, 0.15) is 11.9 Å². The maximum Gasteiger partial charge on any atom is 0.325 e. The van der Waals surface area contributed by atoms with Crippen molar-refractivity contribution in [3.8, 4) is 6.07 Å². The average Bonchev–Trinajstić information content (AvgIpc) is 2.16. The van der Waals surface area contributed by atoms with Gasteiger partial charge in [0.25, 0.3) is 0 Å². The van der Waals surface area contributed by atoms with Crippen molar-refractivity contribution >= 4 is 5.97 Å². The minimum atomic E-state index is -1.30. The van der Waals surface area contributed by atoms with Crippen LogP contribution in [0.4, 0.5) is 4.39 Å². The molecule has 0 bridgehead atoms. The van der Waals surface area contributed by atoms with Gasteiger partial charge in [0.05, 0.1) is 11.6 Å². The molecule has 1 aromatic carbocycles. The number of rotatable bonds is 2. The van der Waals surface area contributed by atoms with Crippen LogP contribution in [0.2, 0.25) is 0 Å². The number of carboxylic acids is 1. The molecule has 0 spiro atoms. The molecule has 4 nitrogen and oxygen atoms in total. The fourth-order valence-corrected chi connectivity index (χ4v) is 1.03. The predicted octanol–water partition coefficient (Wildman–Crippen LogP) is 0.782. The molecule has 0 aromatic heterocycles. The maximum absolute atomic E-state index is 12.7. The Kier molecular flexibility index (Phi) is 2.79. The predicted molar refractivity (Wildman–Crippen MR) is 45.7 cm³/mol. The van der Waals surface area contributed by atoms with Crippen LogP contribution in [0.1, 0.15) is 17.2 Å². The van der Waals surface area contributed by atoms with E-state index >= 15 is 0 Å². The van der Waals surface area contributed by atoms with Gasteiger partial charge in [0, 0.05) is 0 Å². The van der Waals surface area contributed by atoms with E-state index in [0.29, 0.717) is 0 Å². The van der Waals surface area contributed by atoms with Crippen LogP contribution in [-0.4, -0.2) is 11.1 Å². The molecular formula is C9H7FN2O2. The highest BCUT2D eigenvalue weighted by molar-refractivity contribution is 5.76. The number of carboxylic acid groups (broad SMARTS) is 1. The summed E-state index contributed by atoms with van der Waals surface area (Å²) in [5, 5.41) is 17.2. The zero-order chi connectivity index (χ0) is 10.7. The van der Waals surface area contributed by atoms with E-state index in [2.05, 4.69) is 0 Å². The Labute approximate surface area is 79.4 Å². The quantitative estimate of drug-likeness (QED) is 0.728. The summed E-state index contributed by atoms with van der Waals surface area (Å²) in [4.78, 5) is 10.5. The molecule has 5 heteroatoms. The third-order valence-electron chi connectivity index (χ3n) is 1.74. The van der Waals surface area contributed by atoms with Gasteiger partial charge in [0.2, 0.25) is 0 Å². The molecule has 0 aliphatic heterocycles.